The van der Waals surface area contributed by atoms with Gasteiger partial charge in [-0.3, -0.25) is 9.58 Å². The number of hydrogen-bond donors (Lipinski definition) is 0. The van der Waals surface area contributed by atoms with Gasteiger partial charge in [0.25, 0.3) is 0 Å². The fourth-order valence-corrected chi connectivity index (χ4v) is 5.21. The summed E-state index contributed by atoms with van der Waals surface area (Å²) in [5, 5.41) is 5.67. The minimum absolute atomic E-state index is 0.00477. The molecule has 1 amide bonds. The summed E-state index contributed by atoms with van der Waals surface area (Å²) in [5.41, 5.74) is 1.81. The molecule has 11 heteroatoms. The molecule has 2 aromatic carbocycles. The van der Waals surface area contributed by atoms with Gasteiger partial charge in [0, 0.05) is 56.1 Å². The number of nitrogens with zero attached hydrogens (tertiary/aromatic N) is 6. The van der Waals surface area contributed by atoms with Crippen molar-refractivity contribution in [1.29, 1.82) is 0 Å². The van der Waals surface area contributed by atoms with E-state index in [1.54, 1.807) is 30.2 Å². The van der Waals surface area contributed by atoms with E-state index in [9.17, 15) is 4.79 Å². The van der Waals surface area contributed by atoms with E-state index in [-0.39, 0.29) is 36.2 Å². The molecule has 2 atom stereocenters. The largest absolute Gasteiger partial charge is 0.464 e. The molecule has 0 radical (unpaired) electrons. The molecular formula is C29H35FN6O4. The summed E-state index contributed by atoms with van der Waals surface area (Å²) >= 11 is 0. The molecule has 0 unspecified atom stereocenters. The van der Waals surface area contributed by atoms with Crippen molar-refractivity contribution in [2.45, 2.75) is 52.3 Å². The zero-order valence-electron chi connectivity index (χ0n) is 23.9. The van der Waals surface area contributed by atoms with Crippen molar-refractivity contribution in [3.05, 3.63) is 42.5 Å². The monoisotopic (exact) mass is 550 g/mol. The predicted octanol–water partition coefficient (Wildman–Crippen LogP) is 5.14. The zero-order chi connectivity index (χ0) is 28.8. The van der Waals surface area contributed by atoms with Gasteiger partial charge in [0.2, 0.25) is 0 Å². The Kier molecular flexibility index (Phi) is 7.26. The molecule has 5 rings (SSSR count). The summed E-state index contributed by atoms with van der Waals surface area (Å²) in [6.07, 6.45) is 3.18. The second-order valence-electron chi connectivity index (χ2n) is 11.3. The van der Waals surface area contributed by atoms with E-state index < -0.39 is 11.4 Å². The number of aromatic nitrogens is 4. The fourth-order valence-electron chi connectivity index (χ4n) is 5.21. The average Bonchev–Trinajstić information content (AvgIpc) is 3.26. The lowest BCUT2D eigenvalue weighted by atomic mass is 10.1. The van der Waals surface area contributed by atoms with Gasteiger partial charge in [0.15, 0.2) is 24.2 Å². The Morgan fingerprint density at radius 1 is 1.12 bits per heavy atom. The van der Waals surface area contributed by atoms with Gasteiger partial charge in [-0.1, -0.05) is 0 Å². The van der Waals surface area contributed by atoms with Gasteiger partial charge in [-0.05, 0) is 58.9 Å². The molecule has 1 aliphatic heterocycles. The van der Waals surface area contributed by atoms with Crippen LogP contribution >= 0.6 is 0 Å². The third-order valence-corrected chi connectivity index (χ3v) is 6.82. The summed E-state index contributed by atoms with van der Waals surface area (Å²) in [5.74, 6) is -0.253. The predicted molar refractivity (Wildman–Crippen MR) is 151 cm³/mol. The summed E-state index contributed by atoms with van der Waals surface area (Å²) in [6.45, 7) is 10.9. The zero-order valence-corrected chi connectivity index (χ0v) is 23.9. The van der Waals surface area contributed by atoms with E-state index >= 15 is 4.39 Å². The van der Waals surface area contributed by atoms with Crippen molar-refractivity contribution >= 4 is 33.6 Å². The lowest BCUT2D eigenvalue weighted by molar-refractivity contribution is 0.00566. The number of rotatable bonds is 5. The normalized spacial score (nSPS) is 18.0. The Balaban J connectivity index is 1.43. The Bertz CT molecular complexity index is 1550. The molecule has 1 saturated heterocycles. The minimum Gasteiger partial charge on any atom is -0.464 e. The first-order chi connectivity index (χ1) is 18.9. The smallest absolute Gasteiger partial charge is 0.410 e. The molecule has 0 aliphatic carbocycles. The number of hydrogen-bond acceptors (Lipinski definition) is 8. The van der Waals surface area contributed by atoms with Crippen LogP contribution in [0.1, 0.15) is 34.6 Å². The maximum atomic E-state index is 15.4. The highest BCUT2D eigenvalue weighted by Gasteiger charge is 2.35. The Labute approximate surface area is 232 Å². The first kappa shape index (κ1) is 27.6. The van der Waals surface area contributed by atoms with E-state index in [4.69, 9.17) is 19.2 Å². The van der Waals surface area contributed by atoms with Gasteiger partial charge in [0.05, 0.1) is 23.2 Å². The van der Waals surface area contributed by atoms with Crippen molar-refractivity contribution in [2.24, 2.45) is 7.05 Å². The van der Waals surface area contributed by atoms with Crippen LogP contribution in [0.15, 0.2) is 36.7 Å². The molecule has 40 heavy (non-hydrogen) atoms. The van der Waals surface area contributed by atoms with Crippen LogP contribution < -0.4 is 9.64 Å². The molecular weight excluding hydrogens is 515 g/mol. The van der Waals surface area contributed by atoms with Crippen LogP contribution in [-0.2, 0) is 16.5 Å². The van der Waals surface area contributed by atoms with Gasteiger partial charge >= 0.3 is 6.09 Å². The van der Waals surface area contributed by atoms with E-state index in [1.165, 1.54) is 7.11 Å². The number of amides is 1. The molecule has 0 bridgehead atoms. The number of anilines is 1. The molecule has 2 aromatic heterocycles. The van der Waals surface area contributed by atoms with E-state index in [1.807, 2.05) is 57.7 Å². The Hall–Kier alpha value is -3.99. The Morgan fingerprint density at radius 3 is 2.52 bits per heavy atom. The number of piperazine rings is 1. The number of ether oxygens (including phenoxy) is 3. The number of carbonyl (C=O) groups excluding carboxylic acids is 1. The van der Waals surface area contributed by atoms with Crippen molar-refractivity contribution in [1.82, 2.24) is 24.6 Å². The second-order valence-corrected chi connectivity index (χ2v) is 11.3. The molecule has 4 aromatic rings. The number of halogens is 1. The topological polar surface area (TPSA) is 94.8 Å². The summed E-state index contributed by atoms with van der Waals surface area (Å²) in [6, 6.07) is 7.69. The molecule has 1 fully saturated rings. The van der Waals surface area contributed by atoms with Crippen LogP contribution in [0.4, 0.5) is 14.9 Å². The maximum Gasteiger partial charge on any atom is 0.410 e. The number of carbonyl (C=O) groups is 1. The highest BCUT2D eigenvalue weighted by molar-refractivity contribution is 5.89. The van der Waals surface area contributed by atoms with Gasteiger partial charge in [-0.2, -0.15) is 5.10 Å². The molecule has 1 aliphatic rings. The lowest BCUT2D eigenvalue weighted by Gasteiger charge is -2.45. The molecule has 0 saturated carbocycles. The summed E-state index contributed by atoms with van der Waals surface area (Å²) in [7, 11) is 3.21. The van der Waals surface area contributed by atoms with Crippen LogP contribution in [-0.4, -0.2) is 75.4 Å². The van der Waals surface area contributed by atoms with Crippen LogP contribution in [0.3, 0.4) is 0 Å². The standard InChI is InChI=1S/C29H35FN6O4/c1-17-13-35(14-18(2)36(17)28(37)40-29(3,4)5)21-8-9-23-19(10-21)12-31-27(32-23)22-11-20-15-34(6)33-25(20)24(30)26(22)39-16-38-7/h8-12,15,17-18H,13-14,16H2,1-7H3/t17-,18-/m0/s1. The Morgan fingerprint density at radius 2 is 1.85 bits per heavy atom. The highest BCUT2D eigenvalue weighted by Crippen LogP contribution is 2.36. The number of fused-ring (bicyclic) bond motifs is 2. The fraction of sp³-hybridized carbons (Fsp3) is 0.448. The average molecular weight is 551 g/mol. The third-order valence-electron chi connectivity index (χ3n) is 6.82. The molecule has 212 valence electrons. The maximum absolute atomic E-state index is 15.4. The SMILES string of the molecule is COCOc1c(-c2ncc3cc(N4C[C@H](C)N(C(=O)OC(C)(C)C)[C@@H](C)C4)ccc3n2)cc2cn(C)nc2c1F. The lowest BCUT2D eigenvalue weighted by Crippen LogP contribution is -2.59. The van der Waals surface area contributed by atoms with Crippen LogP contribution in [0, 0.1) is 5.82 Å². The van der Waals surface area contributed by atoms with Gasteiger partial charge < -0.3 is 19.1 Å². The van der Waals surface area contributed by atoms with Crippen molar-refractivity contribution in [3.8, 4) is 17.1 Å². The van der Waals surface area contributed by atoms with Crippen LogP contribution in [0.25, 0.3) is 33.2 Å². The van der Waals surface area contributed by atoms with Crippen molar-refractivity contribution in [2.75, 3.05) is 31.9 Å². The van der Waals surface area contributed by atoms with Gasteiger partial charge in [-0.15, -0.1) is 0 Å². The third kappa shape index (κ3) is 5.38. The molecule has 0 N–H and O–H groups in total. The number of methoxy groups -OCH3 is 1. The van der Waals surface area contributed by atoms with Crippen molar-refractivity contribution in [3.63, 3.8) is 0 Å². The second kappa shape index (κ2) is 10.5. The first-order valence-corrected chi connectivity index (χ1v) is 13.3. The molecule has 3 heterocycles. The minimum atomic E-state index is -0.585. The van der Waals surface area contributed by atoms with Crippen LogP contribution in [0.2, 0.25) is 0 Å². The van der Waals surface area contributed by atoms with Crippen LogP contribution in [0.5, 0.6) is 5.75 Å². The summed E-state index contributed by atoms with van der Waals surface area (Å²) < 4.78 is 33.2. The molecule has 0 spiro atoms. The van der Waals surface area contributed by atoms with E-state index in [0.29, 0.717) is 35.4 Å². The summed E-state index contributed by atoms with van der Waals surface area (Å²) in [4.78, 5) is 26.2. The van der Waals surface area contributed by atoms with E-state index in [0.717, 1.165) is 11.1 Å². The molecule has 10 nitrogen and oxygen atoms in total. The van der Waals surface area contributed by atoms with Gasteiger partial charge in [-0.25, -0.2) is 19.2 Å². The highest BCUT2D eigenvalue weighted by atomic mass is 19.1. The quantitative estimate of drug-likeness (QED) is 0.315. The van der Waals surface area contributed by atoms with Gasteiger partial charge in [0.1, 0.15) is 11.1 Å². The number of benzene rings is 2. The van der Waals surface area contributed by atoms with E-state index in [2.05, 4.69) is 15.0 Å². The number of aryl methyl sites for hydroxylation is 1. The first-order valence-electron chi connectivity index (χ1n) is 13.3. The van der Waals surface area contributed by atoms with Crippen molar-refractivity contribution < 1.29 is 23.4 Å².